The summed E-state index contributed by atoms with van der Waals surface area (Å²) < 4.78 is 36.6. The fraction of sp³-hybridized carbons (Fsp3) is 0.350. The maximum absolute atomic E-state index is 12.7. The molecule has 7 nitrogen and oxygen atoms in total. The van der Waals surface area contributed by atoms with E-state index in [4.69, 9.17) is 9.47 Å². The molecule has 2 aromatic rings. The van der Waals surface area contributed by atoms with Crippen molar-refractivity contribution in [2.24, 2.45) is 0 Å². The molecule has 0 aliphatic rings. The van der Waals surface area contributed by atoms with Crippen LogP contribution in [0.1, 0.15) is 20.8 Å². The first-order chi connectivity index (χ1) is 13.3. The van der Waals surface area contributed by atoms with Gasteiger partial charge >= 0.3 is 0 Å². The van der Waals surface area contributed by atoms with E-state index in [-0.39, 0.29) is 0 Å². The Morgan fingerprint density at radius 2 is 1.64 bits per heavy atom. The zero-order chi connectivity index (χ0) is 20.7. The van der Waals surface area contributed by atoms with Crippen molar-refractivity contribution >= 4 is 27.3 Å². The maximum Gasteiger partial charge on any atom is 0.247 e. The van der Waals surface area contributed by atoms with Crippen molar-refractivity contribution in [2.75, 3.05) is 29.1 Å². The molecule has 152 valence electrons. The number of amides is 1. The average Bonchev–Trinajstić information content (AvgIpc) is 2.63. The van der Waals surface area contributed by atoms with Gasteiger partial charge in [0.25, 0.3) is 0 Å². The summed E-state index contributed by atoms with van der Waals surface area (Å²) in [6, 6.07) is 12.6. The predicted molar refractivity (Wildman–Crippen MR) is 111 cm³/mol. The average molecular weight is 407 g/mol. The highest BCUT2D eigenvalue weighted by molar-refractivity contribution is 7.92. The highest BCUT2D eigenvalue weighted by Gasteiger charge is 2.29. The second kappa shape index (κ2) is 9.45. The molecule has 28 heavy (non-hydrogen) atoms. The Kier molecular flexibility index (Phi) is 7.28. The number of nitrogens with zero attached hydrogens (tertiary/aromatic N) is 1. The molecule has 1 amide bonds. The van der Waals surface area contributed by atoms with Crippen molar-refractivity contribution in [1.82, 2.24) is 0 Å². The summed E-state index contributed by atoms with van der Waals surface area (Å²) in [4.78, 5) is 12.7. The van der Waals surface area contributed by atoms with Gasteiger partial charge in [0.1, 0.15) is 17.5 Å². The third kappa shape index (κ3) is 5.63. The number of hydrogen-bond acceptors (Lipinski definition) is 5. The molecule has 0 saturated carbocycles. The molecule has 0 spiro atoms. The Labute approximate surface area is 166 Å². The number of rotatable bonds is 9. The number of ether oxygens (including phenoxy) is 2. The van der Waals surface area contributed by atoms with Crippen molar-refractivity contribution < 1.29 is 22.7 Å². The normalized spacial score (nSPS) is 12.1. The van der Waals surface area contributed by atoms with E-state index in [1.54, 1.807) is 55.5 Å². The molecule has 0 aliphatic carbocycles. The van der Waals surface area contributed by atoms with Crippen LogP contribution in [0.15, 0.2) is 48.5 Å². The van der Waals surface area contributed by atoms with Crippen LogP contribution < -0.4 is 19.1 Å². The number of carbonyl (C=O) groups is 1. The highest BCUT2D eigenvalue weighted by atomic mass is 32.2. The van der Waals surface area contributed by atoms with Gasteiger partial charge in [-0.05, 0) is 57.2 Å². The number of anilines is 2. The lowest BCUT2D eigenvalue weighted by Gasteiger charge is -2.28. The monoisotopic (exact) mass is 406 g/mol. The summed E-state index contributed by atoms with van der Waals surface area (Å²) in [5.74, 6) is 0.803. The van der Waals surface area contributed by atoms with Gasteiger partial charge in [-0.2, -0.15) is 0 Å². The Bertz CT molecular complexity index is 897. The van der Waals surface area contributed by atoms with E-state index in [1.165, 1.54) is 0 Å². The number of carbonyl (C=O) groups excluding carboxylic acids is 1. The zero-order valence-corrected chi connectivity index (χ0v) is 17.3. The first kappa shape index (κ1) is 21.6. The van der Waals surface area contributed by atoms with Gasteiger partial charge in [-0.1, -0.05) is 6.07 Å². The fourth-order valence-electron chi connectivity index (χ4n) is 2.74. The van der Waals surface area contributed by atoms with Crippen molar-refractivity contribution in [3.8, 4) is 11.5 Å². The number of nitrogens with one attached hydrogen (secondary N) is 1. The van der Waals surface area contributed by atoms with Crippen LogP contribution in [0, 0.1) is 0 Å². The lowest BCUT2D eigenvalue weighted by Crippen LogP contribution is -2.45. The molecule has 2 aromatic carbocycles. The first-order valence-corrected chi connectivity index (χ1v) is 10.9. The highest BCUT2D eigenvalue weighted by Crippen LogP contribution is 2.25. The molecule has 0 fully saturated rings. The molecular weight excluding hydrogens is 380 g/mol. The molecule has 1 N–H and O–H groups in total. The van der Waals surface area contributed by atoms with E-state index >= 15 is 0 Å². The van der Waals surface area contributed by atoms with Gasteiger partial charge in [-0.25, -0.2) is 8.42 Å². The van der Waals surface area contributed by atoms with Crippen LogP contribution >= 0.6 is 0 Å². The molecule has 0 heterocycles. The first-order valence-electron chi connectivity index (χ1n) is 9.02. The van der Waals surface area contributed by atoms with E-state index in [0.717, 1.165) is 10.6 Å². The van der Waals surface area contributed by atoms with E-state index in [2.05, 4.69) is 5.32 Å². The minimum absolute atomic E-state index is 0.386. The third-order valence-corrected chi connectivity index (χ3v) is 5.14. The van der Waals surface area contributed by atoms with Gasteiger partial charge in [0, 0.05) is 11.8 Å². The zero-order valence-electron chi connectivity index (χ0n) is 16.5. The quantitative estimate of drug-likeness (QED) is 0.691. The lowest BCUT2D eigenvalue weighted by atomic mass is 10.2. The van der Waals surface area contributed by atoms with Crippen molar-refractivity contribution in [3.63, 3.8) is 0 Å². The Hall–Kier alpha value is -2.74. The van der Waals surface area contributed by atoms with E-state index in [0.29, 0.717) is 36.1 Å². The van der Waals surface area contributed by atoms with Gasteiger partial charge in [0.15, 0.2) is 0 Å². The molecule has 0 aromatic heterocycles. The number of hydrogen-bond donors (Lipinski definition) is 1. The van der Waals surface area contributed by atoms with E-state index in [9.17, 15) is 13.2 Å². The second-order valence-corrected chi connectivity index (χ2v) is 7.97. The third-order valence-electron chi connectivity index (χ3n) is 3.90. The predicted octanol–water partition coefficient (Wildman–Crippen LogP) is 3.28. The summed E-state index contributed by atoms with van der Waals surface area (Å²) in [6.45, 7) is 6.29. The largest absolute Gasteiger partial charge is 0.494 e. The summed E-state index contributed by atoms with van der Waals surface area (Å²) >= 11 is 0. The van der Waals surface area contributed by atoms with Gasteiger partial charge in [-0.3, -0.25) is 9.10 Å². The van der Waals surface area contributed by atoms with Crippen LogP contribution in [-0.4, -0.2) is 39.8 Å². The minimum Gasteiger partial charge on any atom is -0.494 e. The topological polar surface area (TPSA) is 84.9 Å². The van der Waals surface area contributed by atoms with Gasteiger partial charge < -0.3 is 14.8 Å². The standard InChI is InChI=1S/C20H26N2O5S/c1-5-26-18-12-10-17(11-13-18)22(28(4,24)25)15(3)20(23)21-16-8-7-9-19(14-16)27-6-2/h7-15H,5-6H2,1-4H3,(H,21,23). The van der Waals surface area contributed by atoms with Crippen molar-refractivity contribution in [2.45, 2.75) is 26.8 Å². The Morgan fingerprint density at radius 1 is 1.04 bits per heavy atom. The molecule has 0 radical (unpaired) electrons. The minimum atomic E-state index is -3.69. The summed E-state index contributed by atoms with van der Waals surface area (Å²) in [6.07, 6.45) is 1.07. The van der Waals surface area contributed by atoms with E-state index in [1.807, 2.05) is 13.8 Å². The van der Waals surface area contributed by atoms with Crippen LogP contribution in [-0.2, 0) is 14.8 Å². The molecule has 0 aliphatic heterocycles. The summed E-state index contributed by atoms with van der Waals surface area (Å²) in [7, 11) is -3.69. The summed E-state index contributed by atoms with van der Waals surface area (Å²) in [5.41, 5.74) is 0.916. The molecule has 1 unspecified atom stereocenters. The second-order valence-electron chi connectivity index (χ2n) is 6.11. The smallest absolute Gasteiger partial charge is 0.247 e. The van der Waals surface area contributed by atoms with E-state index < -0.39 is 22.0 Å². The van der Waals surface area contributed by atoms with Crippen LogP contribution in [0.3, 0.4) is 0 Å². The van der Waals surface area contributed by atoms with Gasteiger partial charge in [0.05, 0.1) is 25.2 Å². The molecule has 8 heteroatoms. The van der Waals surface area contributed by atoms with Crippen LogP contribution in [0.4, 0.5) is 11.4 Å². The van der Waals surface area contributed by atoms with Crippen molar-refractivity contribution in [1.29, 1.82) is 0 Å². The lowest BCUT2D eigenvalue weighted by molar-refractivity contribution is -0.116. The fourth-order valence-corrected chi connectivity index (χ4v) is 3.92. The Balaban J connectivity index is 2.24. The molecule has 2 rings (SSSR count). The molecule has 0 saturated heterocycles. The van der Waals surface area contributed by atoms with Gasteiger partial charge in [-0.15, -0.1) is 0 Å². The number of benzene rings is 2. The number of sulfonamides is 1. The molecule has 1 atom stereocenters. The molecular formula is C20H26N2O5S. The Morgan fingerprint density at radius 3 is 2.21 bits per heavy atom. The van der Waals surface area contributed by atoms with Gasteiger partial charge in [0.2, 0.25) is 15.9 Å². The van der Waals surface area contributed by atoms with Crippen LogP contribution in [0.2, 0.25) is 0 Å². The SMILES string of the molecule is CCOc1ccc(N(C(C)C(=O)Nc2cccc(OCC)c2)S(C)(=O)=O)cc1. The molecule has 0 bridgehead atoms. The van der Waals surface area contributed by atoms with Crippen LogP contribution in [0.5, 0.6) is 11.5 Å². The van der Waals surface area contributed by atoms with Crippen LogP contribution in [0.25, 0.3) is 0 Å². The summed E-state index contributed by atoms with van der Waals surface area (Å²) in [5, 5.41) is 2.74. The maximum atomic E-state index is 12.7. The van der Waals surface area contributed by atoms with Crippen molar-refractivity contribution in [3.05, 3.63) is 48.5 Å².